The van der Waals surface area contributed by atoms with Crippen LogP contribution >= 0.6 is 0 Å². The largest absolute Gasteiger partial charge is 0.504 e. The summed E-state index contributed by atoms with van der Waals surface area (Å²) in [5.41, 5.74) is 0.317. The van der Waals surface area contributed by atoms with Crippen LogP contribution in [-0.2, 0) is 4.79 Å². The van der Waals surface area contributed by atoms with Crippen molar-refractivity contribution in [2.75, 3.05) is 20.2 Å². The second-order valence-electron chi connectivity index (χ2n) is 4.13. The van der Waals surface area contributed by atoms with Gasteiger partial charge in [-0.25, -0.2) is 0 Å². The number of aliphatic carboxylic acids is 1. The van der Waals surface area contributed by atoms with E-state index in [0.29, 0.717) is 11.3 Å². The van der Waals surface area contributed by atoms with Crippen LogP contribution in [0.1, 0.15) is 10.4 Å². The molecule has 1 heterocycles. The Balaban J connectivity index is 2.07. The maximum Gasteiger partial charge on any atom is 0.310 e. The van der Waals surface area contributed by atoms with Crippen molar-refractivity contribution in [3.05, 3.63) is 23.8 Å². The van der Waals surface area contributed by atoms with Crippen LogP contribution in [0, 0.1) is 5.92 Å². The first kappa shape index (κ1) is 12.2. The van der Waals surface area contributed by atoms with E-state index in [9.17, 15) is 14.7 Å². The average Bonchev–Trinajstić information content (AvgIpc) is 2.26. The van der Waals surface area contributed by atoms with Crippen molar-refractivity contribution < 1.29 is 24.5 Å². The lowest BCUT2D eigenvalue weighted by atomic mass is 9.99. The van der Waals surface area contributed by atoms with Gasteiger partial charge in [-0.2, -0.15) is 0 Å². The number of carboxylic acid groups (broad SMARTS) is 1. The van der Waals surface area contributed by atoms with E-state index >= 15 is 0 Å². The van der Waals surface area contributed by atoms with Crippen molar-refractivity contribution >= 4 is 11.9 Å². The van der Waals surface area contributed by atoms with Gasteiger partial charge in [-0.1, -0.05) is 0 Å². The third-order valence-electron chi connectivity index (χ3n) is 2.94. The van der Waals surface area contributed by atoms with E-state index in [0.717, 1.165) is 0 Å². The van der Waals surface area contributed by atoms with E-state index in [-0.39, 0.29) is 24.7 Å². The van der Waals surface area contributed by atoms with Crippen LogP contribution in [0.3, 0.4) is 0 Å². The summed E-state index contributed by atoms with van der Waals surface area (Å²) in [6.45, 7) is 0.419. The first-order chi connectivity index (χ1) is 8.52. The smallest absolute Gasteiger partial charge is 0.310 e. The predicted octanol–water partition coefficient (Wildman–Crippen LogP) is 0.557. The molecule has 0 bridgehead atoms. The third-order valence-corrected chi connectivity index (χ3v) is 2.94. The monoisotopic (exact) mass is 251 g/mol. The van der Waals surface area contributed by atoms with Gasteiger partial charge in [0.15, 0.2) is 11.5 Å². The van der Waals surface area contributed by atoms with Crippen molar-refractivity contribution in [1.29, 1.82) is 0 Å². The molecule has 1 aromatic rings. The van der Waals surface area contributed by atoms with Gasteiger partial charge in [-0.15, -0.1) is 0 Å². The molecule has 0 radical (unpaired) electrons. The summed E-state index contributed by atoms with van der Waals surface area (Å²) in [4.78, 5) is 24.0. The molecule has 1 aromatic carbocycles. The normalized spacial score (nSPS) is 15.1. The van der Waals surface area contributed by atoms with Crippen molar-refractivity contribution in [3.63, 3.8) is 0 Å². The summed E-state index contributed by atoms with van der Waals surface area (Å²) in [6, 6.07) is 4.35. The molecule has 0 aliphatic carbocycles. The molecule has 0 saturated carbocycles. The zero-order valence-electron chi connectivity index (χ0n) is 9.79. The van der Waals surface area contributed by atoms with E-state index in [4.69, 9.17) is 9.84 Å². The lowest BCUT2D eigenvalue weighted by Gasteiger charge is -2.36. The summed E-state index contributed by atoms with van der Waals surface area (Å²) in [6.07, 6.45) is 0. The summed E-state index contributed by atoms with van der Waals surface area (Å²) in [7, 11) is 1.42. The lowest BCUT2D eigenvalue weighted by molar-refractivity contribution is -0.146. The number of carbonyl (C=O) groups is 2. The standard InChI is InChI=1S/C12H13NO5/c1-18-10-3-2-7(4-9(10)14)11(15)13-5-8(6-13)12(16)17/h2-4,8,14H,5-6H2,1H3,(H,16,17). The molecular weight excluding hydrogens is 238 g/mol. The fourth-order valence-corrected chi connectivity index (χ4v) is 1.81. The average molecular weight is 251 g/mol. The molecule has 1 aliphatic rings. The number of likely N-dealkylation sites (tertiary alicyclic amines) is 1. The van der Waals surface area contributed by atoms with Crippen LogP contribution in [-0.4, -0.2) is 47.2 Å². The van der Waals surface area contributed by atoms with E-state index in [1.807, 2.05) is 0 Å². The number of rotatable bonds is 3. The zero-order chi connectivity index (χ0) is 13.3. The molecule has 6 nitrogen and oxygen atoms in total. The number of hydrogen-bond donors (Lipinski definition) is 2. The highest BCUT2D eigenvalue weighted by Crippen LogP contribution is 2.28. The van der Waals surface area contributed by atoms with Gasteiger partial charge >= 0.3 is 5.97 Å². The van der Waals surface area contributed by atoms with Crippen LogP contribution in [0.5, 0.6) is 11.5 Å². The van der Waals surface area contributed by atoms with Crippen LogP contribution < -0.4 is 4.74 Å². The van der Waals surface area contributed by atoms with Crippen molar-refractivity contribution in [3.8, 4) is 11.5 Å². The number of aromatic hydroxyl groups is 1. The molecular formula is C12H13NO5. The molecule has 0 unspecified atom stereocenters. The van der Waals surface area contributed by atoms with Crippen molar-refractivity contribution in [2.45, 2.75) is 0 Å². The van der Waals surface area contributed by atoms with Gasteiger partial charge in [-0.05, 0) is 18.2 Å². The quantitative estimate of drug-likeness (QED) is 0.819. The Bertz CT molecular complexity index is 493. The number of methoxy groups -OCH3 is 1. The third kappa shape index (κ3) is 2.09. The fraction of sp³-hybridized carbons (Fsp3) is 0.333. The van der Waals surface area contributed by atoms with Crippen molar-refractivity contribution in [2.24, 2.45) is 5.92 Å². The van der Waals surface area contributed by atoms with Crippen LogP contribution in [0.4, 0.5) is 0 Å². The molecule has 96 valence electrons. The van der Waals surface area contributed by atoms with Gasteiger partial charge in [0, 0.05) is 18.7 Å². The molecule has 0 aromatic heterocycles. The summed E-state index contributed by atoms with van der Waals surface area (Å²) in [5.74, 6) is -1.49. The summed E-state index contributed by atoms with van der Waals surface area (Å²) >= 11 is 0. The minimum atomic E-state index is -0.892. The molecule has 0 spiro atoms. The Labute approximate surface area is 103 Å². The van der Waals surface area contributed by atoms with Crippen LogP contribution in [0.2, 0.25) is 0 Å². The maximum atomic E-state index is 11.9. The van der Waals surface area contributed by atoms with E-state index < -0.39 is 11.9 Å². The van der Waals surface area contributed by atoms with E-state index in [1.54, 1.807) is 0 Å². The zero-order valence-corrected chi connectivity index (χ0v) is 9.79. The number of carboxylic acids is 1. The number of amides is 1. The number of hydrogen-bond acceptors (Lipinski definition) is 4. The molecule has 2 N–H and O–H groups in total. The van der Waals surface area contributed by atoms with Crippen molar-refractivity contribution in [1.82, 2.24) is 4.90 Å². The molecule has 2 rings (SSSR count). The highest BCUT2D eigenvalue weighted by molar-refractivity contribution is 5.96. The molecule has 1 amide bonds. The Hall–Kier alpha value is -2.24. The molecule has 18 heavy (non-hydrogen) atoms. The summed E-state index contributed by atoms with van der Waals surface area (Å²) in [5, 5.41) is 18.3. The number of nitrogens with zero attached hydrogens (tertiary/aromatic N) is 1. The highest BCUT2D eigenvalue weighted by Gasteiger charge is 2.36. The second-order valence-corrected chi connectivity index (χ2v) is 4.13. The first-order valence-corrected chi connectivity index (χ1v) is 5.42. The number of phenolic OH excluding ortho intramolecular Hbond substituents is 1. The van der Waals surface area contributed by atoms with Gasteiger partial charge in [0.1, 0.15) is 0 Å². The molecule has 1 saturated heterocycles. The predicted molar refractivity (Wildman–Crippen MR) is 61.7 cm³/mol. The van der Waals surface area contributed by atoms with Crippen LogP contribution in [0.25, 0.3) is 0 Å². The summed E-state index contributed by atoms with van der Waals surface area (Å²) < 4.78 is 4.88. The Morgan fingerprint density at radius 3 is 2.56 bits per heavy atom. The molecule has 1 fully saturated rings. The molecule has 1 aliphatic heterocycles. The fourth-order valence-electron chi connectivity index (χ4n) is 1.81. The number of carbonyl (C=O) groups excluding carboxylic acids is 1. The molecule has 6 heteroatoms. The maximum absolute atomic E-state index is 11.9. The van der Waals surface area contributed by atoms with Gasteiger partial charge < -0.3 is 19.8 Å². The van der Waals surface area contributed by atoms with Gasteiger partial charge in [0.25, 0.3) is 5.91 Å². The Morgan fingerprint density at radius 2 is 2.06 bits per heavy atom. The minimum Gasteiger partial charge on any atom is -0.504 e. The molecule has 0 atom stereocenters. The van der Waals surface area contributed by atoms with E-state index in [2.05, 4.69) is 0 Å². The number of ether oxygens (including phenoxy) is 1. The SMILES string of the molecule is COc1ccc(C(=O)N2CC(C(=O)O)C2)cc1O. The van der Waals surface area contributed by atoms with Crippen LogP contribution in [0.15, 0.2) is 18.2 Å². The first-order valence-electron chi connectivity index (χ1n) is 5.42. The van der Waals surface area contributed by atoms with Gasteiger partial charge in [0.05, 0.1) is 13.0 Å². The topological polar surface area (TPSA) is 87.1 Å². The minimum absolute atomic E-state index is 0.112. The highest BCUT2D eigenvalue weighted by atomic mass is 16.5. The van der Waals surface area contributed by atoms with E-state index in [1.165, 1.54) is 30.2 Å². The van der Waals surface area contributed by atoms with Gasteiger partial charge in [-0.3, -0.25) is 9.59 Å². The second kappa shape index (κ2) is 4.56. The Morgan fingerprint density at radius 1 is 1.39 bits per heavy atom. The number of benzene rings is 1. The van der Waals surface area contributed by atoms with Gasteiger partial charge in [0.2, 0.25) is 0 Å². The Kier molecular flexibility index (Phi) is 3.10. The lowest BCUT2D eigenvalue weighted by Crippen LogP contribution is -2.53. The number of phenols is 1.